The van der Waals surface area contributed by atoms with Gasteiger partial charge in [-0.15, -0.1) is 0 Å². The summed E-state index contributed by atoms with van der Waals surface area (Å²) >= 11 is 0. The Morgan fingerprint density at radius 3 is 2.90 bits per heavy atom. The van der Waals surface area contributed by atoms with Crippen LogP contribution in [-0.4, -0.2) is 19.7 Å². The molecular formula is C7H16N2O. The first-order valence-electron chi connectivity index (χ1n) is 3.46. The fourth-order valence-electron chi connectivity index (χ4n) is 0.421. The molecule has 0 unspecified atom stereocenters. The highest BCUT2D eigenvalue weighted by molar-refractivity contribution is 4.86. The summed E-state index contributed by atoms with van der Waals surface area (Å²) in [4.78, 5) is 4.99. The summed E-state index contributed by atoms with van der Waals surface area (Å²) in [6.07, 6.45) is 0.941. The zero-order chi connectivity index (χ0) is 7.82. The van der Waals surface area contributed by atoms with Gasteiger partial charge in [-0.3, -0.25) is 4.84 Å². The number of hydrogen-bond donors (Lipinski definition) is 2. The molecular weight excluding hydrogens is 128 g/mol. The SMILES string of the molecule is C=C(C)CONCCCN. The Bertz CT molecular complexity index is 93.6. The van der Waals surface area contributed by atoms with E-state index < -0.39 is 0 Å². The predicted molar refractivity (Wildman–Crippen MR) is 42.4 cm³/mol. The average molecular weight is 144 g/mol. The minimum atomic E-state index is 0.574. The van der Waals surface area contributed by atoms with Gasteiger partial charge in [0.2, 0.25) is 0 Å². The van der Waals surface area contributed by atoms with E-state index in [2.05, 4.69) is 12.1 Å². The van der Waals surface area contributed by atoms with E-state index in [0.29, 0.717) is 13.2 Å². The first-order valence-corrected chi connectivity index (χ1v) is 3.46. The standard InChI is InChI=1S/C7H16N2O/c1-7(2)6-10-9-5-3-4-8/h9H,1,3-6,8H2,2H3. The van der Waals surface area contributed by atoms with E-state index in [1.807, 2.05) is 6.92 Å². The minimum absolute atomic E-state index is 0.574. The monoisotopic (exact) mass is 144 g/mol. The van der Waals surface area contributed by atoms with E-state index in [4.69, 9.17) is 10.6 Å². The Kier molecular flexibility index (Phi) is 6.48. The van der Waals surface area contributed by atoms with E-state index in [1.54, 1.807) is 0 Å². The van der Waals surface area contributed by atoms with Crippen molar-refractivity contribution in [2.75, 3.05) is 19.7 Å². The Morgan fingerprint density at radius 2 is 2.40 bits per heavy atom. The highest BCUT2D eigenvalue weighted by Crippen LogP contribution is 1.84. The highest BCUT2D eigenvalue weighted by atomic mass is 16.6. The number of hydrogen-bond acceptors (Lipinski definition) is 3. The van der Waals surface area contributed by atoms with Crippen LogP contribution in [0.1, 0.15) is 13.3 Å². The van der Waals surface area contributed by atoms with E-state index in [9.17, 15) is 0 Å². The lowest BCUT2D eigenvalue weighted by atomic mass is 10.4. The lowest BCUT2D eigenvalue weighted by Crippen LogP contribution is -2.19. The molecule has 0 aromatic carbocycles. The fraction of sp³-hybridized carbons (Fsp3) is 0.714. The van der Waals surface area contributed by atoms with Crippen LogP contribution in [-0.2, 0) is 4.84 Å². The van der Waals surface area contributed by atoms with Crippen molar-refractivity contribution in [1.82, 2.24) is 5.48 Å². The van der Waals surface area contributed by atoms with Gasteiger partial charge >= 0.3 is 0 Å². The van der Waals surface area contributed by atoms with Gasteiger partial charge in [-0.2, -0.15) is 0 Å². The van der Waals surface area contributed by atoms with Gasteiger partial charge in [0.25, 0.3) is 0 Å². The number of nitrogens with two attached hydrogens (primary N) is 1. The van der Waals surface area contributed by atoms with Crippen LogP contribution in [0.2, 0.25) is 0 Å². The van der Waals surface area contributed by atoms with E-state index in [1.165, 1.54) is 0 Å². The molecule has 10 heavy (non-hydrogen) atoms. The van der Waals surface area contributed by atoms with E-state index in [0.717, 1.165) is 18.5 Å². The van der Waals surface area contributed by atoms with Crippen molar-refractivity contribution in [1.29, 1.82) is 0 Å². The molecule has 0 radical (unpaired) electrons. The second-order valence-electron chi connectivity index (χ2n) is 2.28. The van der Waals surface area contributed by atoms with Crippen molar-refractivity contribution in [3.8, 4) is 0 Å². The van der Waals surface area contributed by atoms with Gasteiger partial charge in [-0.25, -0.2) is 5.48 Å². The third kappa shape index (κ3) is 7.62. The zero-order valence-corrected chi connectivity index (χ0v) is 6.52. The van der Waals surface area contributed by atoms with Crippen LogP contribution in [0.15, 0.2) is 12.2 Å². The molecule has 3 N–H and O–H groups in total. The van der Waals surface area contributed by atoms with E-state index >= 15 is 0 Å². The third-order valence-corrected chi connectivity index (χ3v) is 0.904. The summed E-state index contributed by atoms with van der Waals surface area (Å²) in [5.74, 6) is 0. The molecule has 0 saturated carbocycles. The molecule has 0 aliphatic rings. The molecule has 0 aliphatic heterocycles. The molecule has 0 bridgehead atoms. The van der Waals surface area contributed by atoms with Gasteiger partial charge in [0.05, 0.1) is 6.61 Å². The molecule has 0 aromatic rings. The van der Waals surface area contributed by atoms with Gasteiger partial charge in [0, 0.05) is 6.54 Å². The number of hydroxylamine groups is 1. The molecule has 0 aliphatic carbocycles. The normalized spacial score (nSPS) is 9.80. The van der Waals surface area contributed by atoms with E-state index in [-0.39, 0.29) is 0 Å². The second-order valence-corrected chi connectivity index (χ2v) is 2.28. The predicted octanol–water partition coefficient (Wildman–Crippen LogP) is 0.432. The molecule has 0 amide bonds. The molecule has 0 fully saturated rings. The first kappa shape index (κ1) is 9.62. The maximum absolute atomic E-state index is 5.26. The van der Waals surface area contributed by atoms with Crippen LogP contribution in [0.4, 0.5) is 0 Å². The second kappa shape index (κ2) is 6.74. The molecule has 60 valence electrons. The summed E-state index contributed by atoms with van der Waals surface area (Å²) in [6, 6.07) is 0. The van der Waals surface area contributed by atoms with Gasteiger partial charge in [-0.05, 0) is 19.9 Å². The topological polar surface area (TPSA) is 47.3 Å². The number of nitrogens with one attached hydrogen (secondary N) is 1. The maximum atomic E-state index is 5.26. The van der Waals surface area contributed by atoms with Crippen molar-refractivity contribution in [2.45, 2.75) is 13.3 Å². The van der Waals surface area contributed by atoms with Crippen LogP contribution >= 0.6 is 0 Å². The lowest BCUT2D eigenvalue weighted by molar-refractivity contribution is 0.0579. The Morgan fingerprint density at radius 1 is 1.70 bits per heavy atom. The molecule has 0 rings (SSSR count). The van der Waals surface area contributed by atoms with Crippen LogP contribution < -0.4 is 11.2 Å². The zero-order valence-electron chi connectivity index (χ0n) is 6.52. The summed E-state index contributed by atoms with van der Waals surface area (Å²) < 4.78 is 0. The van der Waals surface area contributed by atoms with Crippen LogP contribution in [0.25, 0.3) is 0 Å². The Hall–Kier alpha value is -0.380. The van der Waals surface area contributed by atoms with Crippen molar-refractivity contribution >= 4 is 0 Å². The molecule has 0 heterocycles. The summed E-state index contributed by atoms with van der Waals surface area (Å²) in [6.45, 7) is 7.69. The minimum Gasteiger partial charge on any atom is -0.330 e. The van der Waals surface area contributed by atoms with Gasteiger partial charge in [0.1, 0.15) is 0 Å². The van der Waals surface area contributed by atoms with Crippen molar-refractivity contribution in [3.63, 3.8) is 0 Å². The quantitative estimate of drug-likeness (QED) is 0.323. The summed E-state index contributed by atoms with van der Waals surface area (Å²) in [5.41, 5.74) is 9.05. The summed E-state index contributed by atoms with van der Waals surface area (Å²) in [5, 5.41) is 0. The lowest BCUT2D eigenvalue weighted by Gasteiger charge is -2.03. The van der Waals surface area contributed by atoms with Crippen LogP contribution in [0.5, 0.6) is 0 Å². The Labute approximate surface area is 62.2 Å². The maximum Gasteiger partial charge on any atom is 0.0887 e. The van der Waals surface area contributed by atoms with Gasteiger partial charge in [-0.1, -0.05) is 12.2 Å². The van der Waals surface area contributed by atoms with Gasteiger partial charge < -0.3 is 5.73 Å². The van der Waals surface area contributed by atoms with Crippen LogP contribution in [0, 0.1) is 0 Å². The largest absolute Gasteiger partial charge is 0.330 e. The van der Waals surface area contributed by atoms with Gasteiger partial charge in [0.15, 0.2) is 0 Å². The first-order chi connectivity index (χ1) is 4.77. The third-order valence-electron chi connectivity index (χ3n) is 0.904. The molecule has 0 spiro atoms. The average Bonchev–Trinajstić information content (AvgIpc) is 1.87. The molecule has 3 heteroatoms. The van der Waals surface area contributed by atoms with Crippen molar-refractivity contribution in [2.24, 2.45) is 5.73 Å². The van der Waals surface area contributed by atoms with Crippen LogP contribution in [0.3, 0.4) is 0 Å². The molecule has 0 saturated heterocycles. The van der Waals surface area contributed by atoms with Crippen molar-refractivity contribution in [3.05, 3.63) is 12.2 Å². The summed E-state index contributed by atoms with van der Waals surface area (Å²) in [7, 11) is 0. The number of rotatable bonds is 6. The fourth-order valence-corrected chi connectivity index (χ4v) is 0.421. The molecule has 0 aromatic heterocycles. The Balaban J connectivity index is 2.84. The molecule has 0 atom stereocenters. The molecule has 3 nitrogen and oxygen atoms in total. The van der Waals surface area contributed by atoms with Crippen molar-refractivity contribution < 1.29 is 4.84 Å². The smallest absolute Gasteiger partial charge is 0.0887 e. The highest BCUT2D eigenvalue weighted by Gasteiger charge is 1.85.